The summed E-state index contributed by atoms with van der Waals surface area (Å²) in [5.41, 5.74) is 0. The largest absolute Gasteiger partial charge is 0.750 e. The van der Waals surface area contributed by atoms with E-state index in [1.165, 1.54) is 25.7 Å². The maximum Gasteiger partial charge on any atom is 0.0842 e. The summed E-state index contributed by atoms with van der Waals surface area (Å²) in [5, 5.41) is 3.24. The lowest BCUT2D eigenvalue weighted by Gasteiger charge is -2.06. The van der Waals surface area contributed by atoms with Crippen LogP contribution in [-0.4, -0.2) is 28.5 Å². The number of hydrogen-bond donors (Lipinski definition) is 1. The zero-order chi connectivity index (χ0) is 10.6. The van der Waals surface area contributed by atoms with E-state index in [0.717, 1.165) is 19.5 Å². The molecule has 1 unspecified atom stereocenters. The zero-order valence-corrected chi connectivity index (χ0v) is 9.61. The van der Waals surface area contributed by atoms with Crippen LogP contribution in [0.1, 0.15) is 39.0 Å². The molecule has 0 rings (SSSR count). The molecule has 0 radical (unpaired) electrons. The van der Waals surface area contributed by atoms with Crippen molar-refractivity contribution in [2.24, 2.45) is 0 Å². The minimum Gasteiger partial charge on any atom is -0.750 e. The normalized spacial score (nSPS) is 13.0. The molecule has 0 fully saturated rings. The predicted molar refractivity (Wildman–Crippen MR) is 56.5 cm³/mol. The molecule has 4 nitrogen and oxygen atoms in total. The molecule has 0 aliphatic rings. The van der Waals surface area contributed by atoms with E-state index in [0.29, 0.717) is 0 Å². The van der Waals surface area contributed by atoms with Crippen molar-refractivity contribution in [1.29, 1.82) is 0 Å². The first-order valence-electron chi connectivity index (χ1n) is 5.20. The van der Waals surface area contributed by atoms with Crippen molar-refractivity contribution in [3.63, 3.8) is 0 Å². The Hall–Kier alpha value is 0.0300. The molecule has 1 atom stereocenters. The molecule has 0 saturated carbocycles. The van der Waals surface area contributed by atoms with Gasteiger partial charge in [0.1, 0.15) is 0 Å². The van der Waals surface area contributed by atoms with Gasteiger partial charge in [0, 0.05) is 0 Å². The van der Waals surface area contributed by atoms with Gasteiger partial charge < -0.3 is 14.1 Å². The average Bonchev–Trinajstić information content (AvgIpc) is 2.15. The topological polar surface area (TPSA) is 61.4 Å². The minimum atomic E-state index is -2.35. The van der Waals surface area contributed by atoms with Crippen LogP contribution in [0.3, 0.4) is 0 Å². The molecule has 5 heteroatoms. The average molecular weight is 222 g/mol. The van der Waals surface area contributed by atoms with Crippen LogP contribution in [0.2, 0.25) is 0 Å². The molecule has 0 spiro atoms. The maximum atomic E-state index is 9.96. The molecule has 0 aliphatic carbocycles. The van der Waals surface area contributed by atoms with Gasteiger partial charge in [-0.1, -0.05) is 26.2 Å². The second-order valence-electron chi connectivity index (χ2n) is 3.19. The zero-order valence-electron chi connectivity index (χ0n) is 8.79. The fourth-order valence-electron chi connectivity index (χ4n) is 1.13. The third kappa shape index (κ3) is 12.0. The van der Waals surface area contributed by atoms with Gasteiger partial charge in [-0.15, -0.1) is 0 Å². The molecule has 0 bridgehead atoms. The van der Waals surface area contributed by atoms with E-state index < -0.39 is 11.4 Å². The standard InChI is InChI=1S/C9H21NO3S/c1-2-3-4-5-7-10-8-6-9-13-14(11)12/h10H,2-9H2,1H3,(H,11,12)/p-1. The fourth-order valence-corrected chi connectivity index (χ4v) is 1.38. The van der Waals surface area contributed by atoms with Crippen LogP contribution in [-0.2, 0) is 15.5 Å². The van der Waals surface area contributed by atoms with Gasteiger partial charge in [-0.05, 0) is 25.9 Å². The highest BCUT2D eigenvalue weighted by Crippen LogP contribution is 1.96. The Morgan fingerprint density at radius 3 is 2.57 bits per heavy atom. The number of unbranched alkanes of at least 4 members (excludes halogenated alkanes) is 3. The summed E-state index contributed by atoms with van der Waals surface area (Å²) < 4.78 is 24.3. The van der Waals surface area contributed by atoms with E-state index in [1.807, 2.05) is 0 Å². The lowest BCUT2D eigenvalue weighted by atomic mass is 10.2. The molecule has 0 aliphatic heterocycles. The van der Waals surface area contributed by atoms with Crippen LogP contribution in [0.4, 0.5) is 0 Å². The summed E-state index contributed by atoms with van der Waals surface area (Å²) in [6, 6.07) is 0. The molecule has 0 aromatic rings. The van der Waals surface area contributed by atoms with Crippen molar-refractivity contribution in [2.45, 2.75) is 39.0 Å². The molecule has 0 aromatic heterocycles. The molecular weight excluding hydrogens is 202 g/mol. The van der Waals surface area contributed by atoms with Crippen molar-refractivity contribution < 1.29 is 12.9 Å². The molecule has 0 amide bonds. The highest BCUT2D eigenvalue weighted by Gasteiger charge is 1.90. The first-order chi connectivity index (χ1) is 6.77. The summed E-state index contributed by atoms with van der Waals surface area (Å²) in [6.45, 7) is 4.30. The second kappa shape index (κ2) is 11.1. The second-order valence-corrected chi connectivity index (χ2v) is 3.83. The molecule has 14 heavy (non-hydrogen) atoms. The van der Waals surface area contributed by atoms with Gasteiger partial charge in [0.05, 0.1) is 18.0 Å². The van der Waals surface area contributed by atoms with Crippen molar-refractivity contribution in [1.82, 2.24) is 5.32 Å². The van der Waals surface area contributed by atoms with Gasteiger partial charge in [0.25, 0.3) is 0 Å². The van der Waals surface area contributed by atoms with Crippen LogP contribution < -0.4 is 5.32 Å². The van der Waals surface area contributed by atoms with Crippen LogP contribution in [0, 0.1) is 0 Å². The Kier molecular flexibility index (Phi) is 11.1. The van der Waals surface area contributed by atoms with E-state index in [2.05, 4.69) is 16.4 Å². The number of rotatable bonds is 10. The Balaban J connectivity index is 2.88. The lowest BCUT2D eigenvalue weighted by molar-refractivity contribution is 0.293. The first-order valence-corrected chi connectivity index (χ1v) is 6.20. The van der Waals surface area contributed by atoms with Gasteiger partial charge in [-0.25, -0.2) is 4.21 Å². The molecule has 0 aromatic carbocycles. The SMILES string of the molecule is CCCCCCNCCCOS(=O)[O-]. The Morgan fingerprint density at radius 2 is 1.93 bits per heavy atom. The number of nitrogens with one attached hydrogen (secondary N) is 1. The summed E-state index contributed by atoms with van der Waals surface area (Å²) >= 11 is -2.35. The third-order valence-corrected chi connectivity index (χ3v) is 2.24. The first kappa shape index (κ1) is 14.0. The number of hydrogen-bond acceptors (Lipinski definition) is 4. The van der Waals surface area contributed by atoms with E-state index in [4.69, 9.17) is 0 Å². The molecular formula is C9H20NO3S-. The smallest absolute Gasteiger partial charge is 0.0842 e. The van der Waals surface area contributed by atoms with Crippen molar-refractivity contribution in [2.75, 3.05) is 19.7 Å². The van der Waals surface area contributed by atoms with E-state index in [9.17, 15) is 8.76 Å². The fraction of sp³-hybridized carbons (Fsp3) is 1.00. The van der Waals surface area contributed by atoms with Gasteiger partial charge >= 0.3 is 0 Å². The highest BCUT2D eigenvalue weighted by atomic mass is 32.2. The molecule has 86 valence electrons. The van der Waals surface area contributed by atoms with Crippen LogP contribution in [0.25, 0.3) is 0 Å². The summed E-state index contributed by atoms with van der Waals surface area (Å²) in [5.74, 6) is 0. The van der Waals surface area contributed by atoms with E-state index in [1.54, 1.807) is 0 Å². The summed E-state index contributed by atoms with van der Waals surface area (Å²) in [6.07, 6.45) is 5.75. The Morgan fingerprint density at radius 1 is 1.21 bits per heavy atom. The molecule has 0 saturated heterocycles. The molecule has 0 heterocycles. The minimum absolute atomic E-state index is 0.276. The van der Waals surface area contributed by atoms with E-state index in [-0.39, 0.29) is 6.61 Å². The predicted octanol–water partition coefficient (Wildman–Crippen LogP) is 1.36. The monoisotopic (exact) mass is 222 g/mol. The Labute approximate surface area is 88.9 Å². The maximum absolute atomic E-state index is 9.96. The van der Waals surface area contributed by atoms with Crippen LogP contribution in [0.5, 0.6) is 0 Å². The van der Waals surface area contributed by atoms with Crippen LogP contribution >= 0.6 is 0 Å². The quantitative estimate of drug-likeness (QED) is 0.448. The van der Waals surface area contributed by atoms with E-state index >= 15 is 0 Å². The van der Waals surface area contributed by atoms with Gasteiger partial charge in [0.2, 0.25) is 0 Å². The highest BCUT2D eigenvalue weighted by molar-refractivity contribution is 7.74. The van der Waals surface area contributed by atoms with Gasteiger partial charge in [-0.3, -0.25) is 0 Å². The van der Waals surface area contributed by atoms with Crippen molar-refractivity contribution in [3.05, 3.63) is 0 Å². The summed E-state index contributed by atoms with van der Waals surface area (Å²) in [4.78, 5) is 0. The molecule has 1 N–H and O–H groups in total. The van der Waals surface area contributed by atoms with Crippen molar-refractivity contribution >= 4 is 11.4 Å². The van der Waals surface area contributed by atoms with Crippen LogP contribution in [0.15, 0.2) is 0 Å². The van der Waals surface area contributed by atoms with Crippen molar-refractivity contribution in [3.8, 4) is 0 Å². The van der Waals surface area contributed by atoms with Gasteiger partial charge in [-0.2, -0.15) is 0 Å². The lowest BCUT2D eigenvalue weighted by Crippen LogP contribution is -2.18. The van der Waals surface area contributed by atoms with Gasteiger partial charge in [0.15, 0.2) is 0 Å². The third-order valence-electron chi connectivity index (χ3n) is 1.88. The Bertz CT molecular complexity index is 144. The summed E-state index contributed by atoms with van der Waals surface area (Å²) in [7, 11) is 0.